The Hall–Kier alpha value is -4.63. The number of nitrogens with zero attached hydrogens (tertiary/aromatic N) is 4. The average molecular weight is 581 g/mol. The van der Waals surface area contributed by atoms with Gasteiger partial charge in [0.05, 0.1) is 6.61 Å². The molecule has 4 aromatic rings. The van der Waals surface area contributed by atoms with Gasteiger partial charge in [-0.2, -0.15) is 4.98 Å². The number of hydrogen-bond donors (Lipinski definition) is 2. The minimum absolute atomic E-state index is 0.119. The Morgan fingerprint density at radius 2 is 1.58 bits per heavy atom. The molecule has 0 unspecified atom stereocenters. The monoisotopic (exact) mass is 580 g/mol. The zero-order valence-corrected chi connectivity index (χ0v) is 25.6. The molecular weight excluding hydrogens is 540 g/mol. The number of carbonyl (C=O) groups is 1. The maximum Gasteiger partial charge on any atom is 0.262 e. The number of para-hydroxylation sites is 3. The summed E-state index contributed by atoms with van der Waals surface area (Å²) in [5.74, 6) is 1.08. The van der Waals surface area contributed by atoms with Crippen molar-refractivity contribution >= 4 is 28.9 Å². The van der Waals surface area contributed by atoms with E-state index in [9.17, 15) is 4.79 Å². The third kappa shape index (κ3) is 7.24. The lowest BCUT2D eigenvalue weighted by Gasteiger charge is -2.38. The van der Waals surface area contributed by atoms with E-state index in [0.29, 0.717) is 30.1 Å². The lowest BCUT2D eigenvalue weighted by molar-refractivity contribution is 0.102. The van der Waals surface area contributed by atoms with E-state index in [1.807, 2.05) is 69.3 Å². The molecule has 1 fully saturated rings. The summed E-state index contributed by atoms with van der Waals surface area (Å²) in [6, 6.07) is 22.0. The van der Waals surface area contributed by atoms with Gasteiger partial charge in [-0.15, -0.1) is 0 Å². The van der Waals surface area contributed by atoms with E-state index in [4.69, 9.17) is 9.47 Å². The fourth-order valence-electron chi connectivity index (χ4n) is 5.15. The first-order valence-corrected chi connectivity index (χ1v) is 14.8. The molecule has 1 saturated heterocycles. The Morgan fingerprint density at radius 1 is 0.907 bits per heavy atom. The third-order valence-electron chi connectivity index (χ3n) is 7.61. The van der Waals surface area contributed by atoms with Crippen molar-refractivity contribution in [3.8, 4) is 17.4 Å². The molecule has 5 rings (SSSR count). The quantitative estimate of drug-likeness (QED) is 0.211. The highest BCUT2D eigenvalue weighted by Crippen LogP contribution is 2.33. The largest absolute Gasteiger partial charge is 0.490 e. The predicted octanol–water partition coefficient (Wildman–Crippen LogP) is 6.81. The molecule has 2 N–H and O–H groups in total. The van der Waals surface area contributed by atoms with Gasteiger partial charge in [0.2, 0.25) is 11.8 Å². The molecule has 1 amide bonds. The van der Waals surface area contributed by atoms with Crippen LogP contribution in [0.5, 0.6) is 17.4 Å². The molecular formula is C34H40N6O3. The lowest BCUT2D eigenvalue weighted by Crippen LogP contribution is -2.48. The van der Waals surface area contributed by atoms with Crippen LogP contribution in [0.4, 0.5) is 23.0 Å². The number of aromatic nitrogens is 2. The first-order chi connectivity index (χ1) is 20.8. The predicted molar refractivity (Wildman–Crippen MR) is 172 cm³/mol. The van der Waals surface area contributed by atoms with Crippen molar-refractivity contribution < 1.29 is 14.3 Å². The number of piperazine rings is 1. The van der Waals surface area contributed by atoms with Crippen LogP contribution in [-0.2, 0) is 0 Å². The Bertz CT molecular complexity index is 1530. The standard InChI is InChI=1S/C34H40N6O3/c1-6-42-29-12-7-8-13-30(29)43-33-28(32(41)37-31-24(4)10-9-11-25(31)5)22-35-34(38-33)36-26-14-16-27(17-15-26)40-20-18-39(19-21-40)23(2)3/h7-17,22-23H,6,18-21H2,1-5H3,(H,37,41)(H,35,36,38). The van der Waals surface area contributed by atoms with E-state index < -0.39 is 0 Å². The number of aryl methyl sites for hydroxylation is 2. The number of ether oxygens (including phenoxy) is 2. The summed E-state index contributed by atoms with van der Waals surface area (Å²) in [7, 11) is 0. The van der Waals surface area contributed by atoms with Crippen LogP contribution in [0.1, 0.15) is 42.3 Å². The third-order valence-corrected chi connectivity index (χ3v) is 7.61. The van der Waals surface area contributed by atoms with Crippen LogP contribution in [-0.4, -0.2) is 59.6 Å². The molecule has 224 valence electrons. The molecule has 9 nitrogen and oxygen atoms in total. The summed E-state index contributed by atoms with van der Waals surface area (Å²) in [6.07, 6.45) is 1.49. The second kappa shape index (κ2) is 13.6. The van der Waals surface area contributed by atoms with E-state index in [0.717, 1.165) is 48.7 Å². The zero-order valence-electron chi connectivity index (χ0n) is 25.6. The van der Waals surface area contributed by atoms with Crippen molar-refractivity contribution in [3.05, 3.63) is 89.6 Å². The van der Waals surface area contributed by atoms with Gasteiger partial charge in [0.25, 0.3) is 5.91 Å². The summed E-state index contributed by atoms with van der Waals surface area (Å²) >= 11 is 0. The summed E-state index contributed by atoms with van der Waals surface area (Å²) in [4.78, 5) is 27.5. The minimum atomic E-state index is -0.366. The molecule has 0 saturated carbocycles. The van der Waals surface area contributed by atoms with E-state index in [-0.39, 0.29) is 17.4 Å². The van der Waals surface area contributed by atoms with Gasteiger partial charge in [-0.3, -0.25) is 9.69 Å². The smallest absolute Gasteiger partial charge is 0.262 e. The van der Waals surface area contributed by atoms with E-state index >= 15 is 0 Å². The van der Waals surface area contributed by atoms with Crippen LogP contribution in [0.25, 0.3) is 0 Å². The molecule has 1 aliphatic heterocycles. The number of rotatable bonds is 10. The van der Waals surface area contributed by atoms with E-state index in [2.05, 4.69) is 56.4 Å². The molecule has 43 heavy (non-hydrogen) atoms. The van der Waals surface area contributed by atoms with Crippen LogP contribution < -0.4 is 25.0 Å². The topological polar surface area (TPSA) is 91.9 Å². The Balaban J connectivity index is 1.38. The number of nitrogens with one attached hydrogen (secondary N) is 2. The van der Waals surface area contributed by atoms with Crippen LogP contribution >= 0.6 is 0 Å². The summed E-state index contributed by atoms with van der Waals surface area (Å²) in [5, 5.41) is 6.28. The van der Waals surface area contributed by atoms with Crippen LogP contribution in [0.3, 0.4) is 0 Å². The van der Waals surface area contributed by atoms with Gasteiger partial charge in [0.1, 0.15) is 5.56 Å². The number of carbonyl (C=O) groups excluding carboxylic acids is 1. The van der Waals surface area contributed by atoms with Gasteiger partial charge in [-0.05, 0) is 82.1 Å². The second-order valence-corrected chi connectivity index (χ2v) is 10.9. The fourth-order valence-corrected chi connectivity index (χ4v) is 5.15. The van der Waals surface area contributed by atoms with Gasteiger partial charge < -0.3 is 25.0 Å². The van der Waals surface area contributed by atoms with E-state index in [1.54, 1.807) is 6.07 Å². The molecule has 0 atom stereocenters. The van der Waals surface area contributed by atoms with Crippen LogP contribution in [0, 0.1) is 13.8 Å². The van der Waals surface area contributed by atoms with Crippen molar-refractivity contribution in [1.82, 2.24) is 14.9 Å². The van der Waals surface area contributed by atoms with Crippen LogP contribution in [0.2, 0.25) is 0 Å². The molecule has 0 radical (unpaired) electrons. The Kier molecular flexibility index (Phi) is 9.41. The van der Waals surface area contributed by atoms with Crippen molar-refractivity contribution in [3.63, 3.8) is 0 Å². The SMILES string of the molecule is CCOc1ccccc1Oc1nc(Nc2ccc(N3CCN(C(C)C)CC3)cc2)ncc1C(=O)Nc1c(C)cccc1C. The number of amides is 1. The number of benzene rings is 3. The first kappa shape index (κ1) is 29.8. The Morgan fingerprint density at radius 3 is 2.23 bits per heavy atom. The van der Waals surface area contributed by atoms with Crippen molar-refractivity contribution in [2.24, 2.45) is 0 Å². The minimum Gasteiger partial charge on any atom is -0.490 e. The molecule has 2 heterocycles. The van der Waals surface area contributed by atoms with Crippen molar-refractivity contribution in [1.29, 1.82) is 0 Å². The van der Waals surface area contributed by atoms with E-state index in [1.165, 1.54) is 11.9 Å². The van der Waals surface area contributed by atoms with Crippen molar-refractivity contribution in [2.45, 2.75) is 40.7 Å². The maximum absolute atomic E-state index is 13.5. The summed E-state index contributed by atoms with van der Waals surface area (Å²) in [6.45, 7) is 14.9. The summed E-state index contributed by atoms with van der Waals surface area (Å²) in [5.41, 5.74) is 4.89. The zero-order chi connectivity index (χ0) is 30.3. The van der Waals surface area contributed by atoms with Gasteiger partial charge in [0, 0.05) is 55.5 Å². The lowest BCUT2D eigenvalue weighted by atomic mass is 10.1. The highest BCUT2D eigenvalue weighted by molar-refractivity contribution is 6.06. The molecule has 0 aliphatic carbocycles. The number of anilines is 4. The maximum atomic E-state index is 13.5. The molecule has 1 aromatic heterocycles. The highest BCUT2D eigenvalue weighted by atomic mass is 16.5. The normalized spacial score (nSPS) is 13.6. The van der Waals surface area contributed by atoms with Gasteiger partial charge >= 0.3 is 0 Å². The highest BCUT2D eigenvalue weighted by Gasteiger charge is 2.21. The van der Waals surface area contributed by atoms with Crippen molar-refractivity contribution in [2.75, 3.05) is 48.3 Å². The molecule has 1 aliphatic rings. The average Bonchev–Trinajstić information content (AvgIpc) is 3.01. The molecule has 0 spiro atoms. The Labute approximate surface area is 253 Å². The van der Waals surface area contributed by atoms with Gasteiger partial charge in [0.15, 0.2) is 11.5 Å². The number of hydrogen-bond acceptors (Lipinski definition) is 8. The molecule has 9 heteroatoms. The second-order valence-electron chi connectivity index (χ2n) is 10.9. The van der Waals surface area contributed by atoms with Gasteiger partial charge in [-0.25, -0.2) is 4.98 Å². The first-order valence-electron chi connectivity index (χ1n) is 14.8. The fraction of sp³-hybridized carbons (Fsp3) is 0.324. The molecule has 0 bridgehead atoms. The molecule has 3 aromatic carbocycles. The summed E-state index contributed by atoms with van der Waals surface area (Å²) < 4.78 is 12.0. The van der Waals surface area contributed by atoms with Crippen LogP contribution in [0.15, 0.2) is 72.9 Å². The van der Waals surface area contributed by atoms with Gasteiger partial charge in [-0.1, -0.05) is 30.3 Å².